The molecule has 2 fully saturated rings. The lowest BCUT2D eigenvalue weighted by atomic mass is 9.90. The zero-order valence-corrected chi connectivity index (χ0v) is 17.3. The number of hydrogen-bond donors (Lipinski definition) is 1. The van der Waals surface area contributed by atoms with Crippen LogP contribution in [0.1, 0.15) is 37.9 Å². The van der Waals surface area contributed by atoms with Gasteiger partial charge in [0.25, 0.3) is 5.56 Å². The lowest BCUT2D eigenvalue weighted by molar-refractivity contribution is 0.0493. The lowest BCUT2D eigenvalue weighted by Crippen LogP contribution is -2.46. The fourth-order valence-electron chi connectivity index (χ4n) is 4.57. The van der Waals surface area contributed by atoms with E-state index >= 15 is 0 Å². The molecular weight excluding hydrogens is 378 g/mol. The Bertz CT molecular complexity index is 1110. The van der Waals surface area contributed by atoms with Gasteiger partial charge < -0.3 is 14.7 Å². The third-order valence-electron chi connectivity index (χ3n) is 6.48. The first kappa shape index (κ1) is 19.1. The molecule has 0 amide bonds. The van der Waals surface area contributed by atoms with Gasteiger partial charge in [0.15, 0.2) is 0 Å². The van der Waals surface area contributed by atoms with E-state index in [4.69, 9.17) is 4.74 Å². The molecule has 1 aliphatic heterocycles. The Balaban J connectivity index is 1.32. The molecule has 0 radical (unpaired) electrons. The van der Waals surface area contributed by atoms with E-state index in [9.17, 15) is 9.90 Å². The molecule has 0 unspecified atom stereocenters. The molecule has 0 spiro atoms. The summed E-state index contributed by atoms with van der Waals surface area (Å²) in [6.07, 6.45) is 6.47. The SMILES string of the molecule is Cc1nc2ccc(O)cc2c(=O)n1-c1ccc(OC2CCN(C3CCC3)CC2)cc1. The number of aryl methyl sites for hydroxylation is 1. The van der Waals surface area contributed by atoms with Crippen LogP contribution in [0.5, 0.6) is 11.5 Å². The van der Waals surface area contributed by atoms with E-state index in [2.05, 4.69) is 9.88 Å². The number of nitrogens with zero attached hydrogens (tertiary/aromatic N) is 3. The first-order valence-corrected chi connectivity index (χ1v) is 10.8. The molecule has 1 saturated heterocycles. The van der Waals surface area contributed by atoms with Crippen molar-refractivity contribution in [1.29, 1.82) is 0 Å². The Morgan fingerprint density at radius 2 is 1.77 bits per heavy atom. The maximum atomic E-state index is 13.0. The van der Waals surface area contributed by atoms with E-state index < -0.39 is 0 Å². The molecule has 1 aliphatic carbocycles. The molecular formula is C24H27N3O3. The maximum absolute atomic E-state index is 13.0. The van der Waals surface area contributed by atoms with Crippen LogP contribution in [-0.2, 0) is 0 Å². The Hall–Kier alpha value is -2.86. The number of benzene rings is 2. The van der Waals surface area contributed by atoms with Gasteiger partial charge in [0.2, 0.25) is 0 Å². The van der Waals surface area contributed by atoms with E-state index in [1.165, 1.54) is 25.3 Å². The summed E-state index contributed by atoms with van der Waals surface area (Å²) in [4.78, 5) is 20.1. The van der Waals surface area contributed by atoms with Crippen LogP contribution in [0.4, 0.5) is 0 Å². The zero-order chi connectivity index (χ0) is 20.7. The molecule has 5 rings (SSSR count). The first-order chi connectivity index (χ1) is 14.6. The number of likely N-dealkylation sites (tertiary alicyclic amines) is 1. The lowest BCUT2D eigenvalue weighted by Gasteiger charge is -2.41. The van der Waals surface area contributed by atoms with Crippen LogP contribution in [0.3, 0.4) is 0 Å². The first-order valence-electron chi connectivity index (χ1n) is 10.8. The molecule has 6 heteroatoms. The van der Waals surface area contributed by atoms with Gasteiger partial charge >= 0.3 is 0 Å². The second-order valence-corrected chi connectivity index (χ2v) is 8.43. The van der Waals surface area contributed by atoms with E-state index in [0.717, 1.165) is 43.4 Å². The molecule has 1 N–H and O–H groups in total. The van der Waals surface area contributed by atoms with Crippen LogP contribution >= 0.6 is 0 Å². The number of piperidine rings is 1. The molecule has 3 aromatic rings. The Morgan fingerprint density at radius 3 is 2.43 bits per heavy atom. The normalized spacial score (nSPS) is 18.4. The van der Waals surface area contributed by atoms with E-state index in [0.29, 0.717) is 16.7 Å². The number of hydrogen-bond acceptors (Lipinski definition) is 5. The number of rotatable bonds is 4. The summed E-state index contributed by atoms with van der Waals surface area (Å²) in [7, 11) is 0. The third-order valence-corrected chi connectivity index (χ3v) is 6.48. The second kappa shape index (κ2) is 7.76. The maximum Gasteiger partial charge on any atom is 0.266 e. The monoisotopic (exact) mass is 405 g/mol. The van der Waals surface area contributed by atoms with Crippen molar-refractivity contribution in [3.8, 4) is 17.2 Å². The molecule has 2 aromatic carbocycles. The molecule has 6 nitrogen and oxygen atoms in total. The van der Waals surface area contributed by atoms with Crippen molar-refractivity contribution >= 4 is 10.9 Å². The third kappa shape index (κ3) is 3.56. The van der Waals surface area contributed by atoms with Crippen LogP contribution in [0.25, 0.3) is 16.6 Å². The van der Waals surface area contributed by atoms with Crippen LogP contribution < -0.4 is 10.3 Å². The molecule has 0 bridgehead atoms. The minimum atomic E-state index is -0.189. The molecule has 0 atom stereocenters. The highest BCUT2D eigenvalue weighted by Crippen LogP contribution is 2.29. The van der Waals surface area contributed by atoms with Gasteiger partial charge in [-0.2, -0.15) is 0 Å². The Kier molecular flexibility index (Phi) is 4.95. The number of ether oxygens (including phenoxy) is 1. The van der Waals surface area contributed by atoms with Gasteiger partial charge in [-0.15, -0.1) is 0 Å². The van der Waals surface area contributed by atoms with Gasteiger partial charge in [-0.25, -0.2) is 4.98 Å². The van der Waals surface area contributed by atoms with Crippen LogP contribution in [0.2, 0.25) is 0 Å². The van der Waals surface area contributed by atoms with Gasteiger partial charge in [0.1, 0.15) is 23.4 Å². The number of fused-ring (bicyclic) bond motifs is 1. The number of phenols is 1. The van der Waals surface area contributed by atoms with Crippen molar-refractivity contribution in [2.24, 2.45) is 0 Å². The fourth-order valence-corrected chi connectivity index (χ4v) is 4.57. The summed E-state index contributed by atoms with van der Waals surface area (Å²) in [5.74, 6) is 1.50. The second-order valence-electron chi connectivity index (χ2n) is 8.43. The summed E-state index contributed by atoms with van der Waals surface area (Å²) in [5, 5.41) is 10.1. The number of phenolic OH excluding ortho intramolecular Hbond substituents is 1. The summed E-state index contributed by atoms with van der Waals surface area (Å²) in [6.45, 7) is 4.06. The minimum Gasteiger partial charge on any atom is -0.508 e. The summed E-state index contributed by atoms with van der Waals surface area (Å²) in [6, 6.07) is 13.1. The van der Waals surface area contributed by atoms with Crippen molar-refractivity contribution < 1.29 is 9.84 Å². The minimum absolute atomic E-state index is 0.0592. The summed E-state index contributed by atoms with van der Waals surface area (Å²) >= 11 is 0. The van der Waals surface area contributed by atoms with E-state index in [-0.39, 0.29) is 17.4 Å². The van der Waals surface area contributed by atoms with Crippen molar-refractivity contribution in [2.75, 3.05) is 13.1 Å². The number of aromatic nitrogens is 2. The van der Waals surface area contributed by atoms with Gasteiger partial charge in [-0.1, -0.05) is 6.42 Å². The van der Waals surface area contributed by atoms with Crippen LogP contribution in [0.15, 0.2) is 47.3 Å². The summed E-state index contributed by atoms with van der Waals surface area (Å²) in [5.41, 5.74) is 1.13. The molecule has 30 heavy (non-hydrogen) atoms. The van der Waals surface area contributed by atoms with Crippen molar-refractivity contribution in [3.05, 3.63) is 58.6 Å². The van der Waals surface area contributed by atoms with Crippen LogP contribution in [0, 0.1) is 6.92 Å². The molecule has 2 heterocycles. The van der Waals surface area contributed by atoms with Crippen molar-refractivity contribution in [2.45, 2.75) is 51.2 Å². The predicted molar refractivity (Wildman–Crippen MR) is 117 cm³/mol. The highest BCUT2D eigenvalue weighted by atomic mass is 16.5. The van der Waals surface area contributed by atoms with Gasteiger partial charge in [0.05, 0.1) is 16.6 Å². The summed E-state index contributed by atoms with van der Waals surface area (Å²) < 4.78 is 7.78. The molecule has 1 saturated carbocycles. The van der Waals surface area contributed by atoms with Crippen molar-refractivity contribution in [3.63, 3.8) is 0 Å². The molecule has 1 aromatic heterocycles. The Morgan fingerprint density at radius 1 is 1.03 bits per heavy atom. The average molecular weight is 405 g/mol. The standard InChI is InChI=1S/C24H27N3O3/c1-16-25-23-10-7-19(28)15-22(23)24(29)27(16)18-5-8-20(9-6-18)30-21-11-13-26(14-12-21)17-3-2-4-17/h5-10,15,17,21,28H,2-4,11-14H2,1H3. The van der Waals surface area contributed by atoms with E-state index in [1.54, 1.807) is 16.7 Å². The van der Waals surface area contributed by atoms with Gasteiger partial charge in [0, 0.05) is 19.1 Å². The highest BCUT2D eigenvalue weighted by Gasteiger charge is 2.29. The van der Waals surface area contributed by atoms with Crippen LogP contribution in [-0.4, -0.2) is 44.8 Å². The Labute approximate surface area is 175 Å². The molecule has 156 valence electrons. The molecule has 2 aliphatic rings. The highest BCUT2D eigenvalue weighted by molar-refractivity contribution is 5.79. The smallest absolute Gasteiger partial charge is 0.266 e. The quantitative estimate of drug-likeness (QED) is 0.715. The topological polar surface area (TPSA) is 67.6 Å². The van der Waals surface area contributed by atoms with Gasteiger partial charge in [-0.3, -0.25) is 9.36 Å². The predicted octanol–water partition coefficient (Wildman–Crippen LogP) is 3.80. The van der Waals surface area contributed by atoms with E-state index in [1.807, 2.05) is 31.2 Å². The zero-order valence-electron chi connectivity index (χ0n) is 17.3. The largest absolute Gasteiger partial charge is 0.508 e. The average Bonchev–Trinajstić information content (AvgIpc) is 2.70. The van der Waals surface area contributed by atoms with Crippen molar-refractivity contribution in [1.82, 2.24) is 14.5 Å². The van der Waals surface area contributed by atoms with Gasteiger partial charge in [-0.05, 0) is 75.1 Å². The number of aromatic hydroxyl groups is 1. The fraction of sp³-hybridized carbons (Fsp3) is 0.417.